The predicted octanol–water partition coefficient (Wildman–Crippen LogP) is -3.70. The summed E-state index contributed by atoms with van der Waals surface area (Å²) < 4.78 is 31.6. The van der Waals surface area contributed by atoms with Gasteiger partial charge in [0.25, 0.3) is 0 Å². The predicted molar refractivity (Wildman–Crippen MR) is 30.3 cm³/mol. The smallest absolute Gasteiger partial charge is 1.00 e. The van der Waals surface area contributed by atoms with Gasteiger partial charge in [0.15, 0.2) is 0 Å². The molecule has 9 heavy (non-hydrogen) atoms. The summed E-state index contributed by atoms with van der Waals surface area (Å²) in [6, 6.07) is 0. The molecule has 0 saturated heterocycles. The molecule has 5 nitrogen and oxygen atoms in total. The van der Waals surface area contributed by atoms with Crippen LogP contribution in [0, 0.1) is 0 Å². The second-order valence-electron chi connectivity index (χ2n) is 0.948. The molecule has 0 aliphatic carbocycles. The third-order valence-electron chi connectivity index (χ3n) is 0. The van der Waals surface area contributed by atoms with Crippen molar-refractivity contribution in [1.29, 1.82) is 0 Å². The van der Waals surface area contributed by atoms with Crippen molar-refractivity contribution in [3.8, 4) is 0 Å². The summed E-state index contributed by atoms with van der Waals surface area (Å²) in [5.41, 5.74) is 0. The molecule has 0 heterocycles. The SMILES string of the molecule is CNC.O=S(=O)(O)O.[H-].[Na+]. The molecule has 0 aromatic carbocycles. The van der Waals surface area contributed by atoms with Crippen LogP contribution < -0.4 is 34.9 Å². The minimum Gasteiger partial charge on any atom is -1.00 e. The van der Waals surface area contributed by atoms with Crippen molar-refractivity contribution in [2.24, 2.45) is 0 Å². The van der Waals surface area contributed by atoms with Crippen LogP contribution in [0.25, 0.3) is 0 Å². The molecular weight excluding hydrogens is 157 g/mol. The van der Waals surface area contributed by atoms with Crippen LogP contribution in [-0.4, -0.2) is 31.6 Å². The fourth-order valence-electron chi connectivity index (χ4n) is 0. The first kappa shape index (κ1) is 16.4. The van der Waals surface area contributed by atoms with E-state index in [1.165, 1.54) is 0 Å². The molecule has 0 atom stereocenters. The molecule has 0 aliphatic heterocycles. The minimum atomic E-state index is -4.67. The second kappa shape index (κ2) is 8.83. The van der Waals surface area contributed by atoms with Gasteiger partial charge in [0.05, 0.1) is 0 Å². The van der Waals surface area contributed by atoms with Crippen LogP contribution >= 0.6 is 0 Å². The van der Waals surface area contributed by atoms with E-state index in [4.69, 9.17) is 17.5 Å². The fourth-order valence-corrected chi connectivity index (χ4v) is 0. The largest absolute Gasteiger partial charge is 1.00 e. The molecule has 54 valence electrons. The monoisotopic (exact) mass is 167 g/mol. The molecule has 0 aliphatic rings. The number of hydrogen-bond donors (Lipinski definition) is 3. The molecular formula is C2H10NNaO4S. The van der Waals surface area contributed by atoms with Gasteiger partial charge >= 0.3 is 40.0 Å². The van der Waals surface area contributed by atoms with Gasteiger partial charge in [-0.3, -0.25) is 9.11 Å². The van der Waals surface area contributed by atoms with Crippen molar-refractivity contribution in [3.63, 3.8) is 0 Å². The van der Waals surface area contributed by atoms with Crippen LogP contribution in [0.4, 0.5) is 0 Å². The van der Waals surface area contributed by atoms with Gasteiger partial charge in [0, 0.05) is 0 Å². The van der Waals surface area contributed by atoms with Gasteiger partial charge in [-0.15, -0.1) is 0 Å². The summed E-state index contributed by atoms with van der Waals surface area (Å²) >= 11 is 0. The zero-order valence-corrected chi connectivity index (χ0v) is 8.44. The van der Waals surface area contributed by atoms with Gasteiger partial charge in [-0.2, -0.15) is 8.42 Å². The second-order valence-corrected chi connectivity index (χ2v) is 1.84. The Morgan fingerprint density at radius 2 is 1.33 bits per heavy atom. The van der Waals surface area contributed by atoms with Crippen LogP contribution in [0.3, 0.4) is 0 Å². The maximum atomic E-state index is 8.74. The Balaban J connectivity index is -0.0000000326. The van der Waals surface area contributed by atoms with E-state index in [2.05, 4.69) is 5.32 Å². The van der Waals surface area contributed by atoms with Crippen LogP contribution in [0.1, 0.15) is 1.43 Å². The molecule has 3 N–H and O–H groups in total. The fraction of sp³-hybridized carbons (Fsp3) is 1.00. The van der Waals surface area contributed by atoms with Gasteiger partial charge in [0.1, 0.15) is 0 Å². The summed E-state index contributed by atoms with van der Waals surface area (Å²) in [6.07, 6.45) is 0. The Morgan fingerprint density at radius 1 is 1.33 bits per heavy atom. The first-order chi connectivity index (χ1) is 3.41. The summed E-state index contributed by atoms with van der Waals surface area (Å²) in [6.45, 7) is 0. The zero-order chi connectivity index (χ0) is 7.21. The van der Waals surface area contributed by atoms with E-state index in [9.17, 15) is 0 Å². The molecule has 0 amide bonds. The maximum Gasteiger partial charge on any atom is 1.00 e. The summed E-state index contributed by atoms with van der Waals surface area (Å²) in [4.78, 5) is 0. The third kappa shape index (κ3) is 598. The summed E-state index contributed by atoms with van der Waals surface area (Å²) in [5.74, 6) is 0. The van der Waals surface area contributed by atoms with Gasteiger partial charge in [-0.25, -0.2) is 0 Å². The molecule has 0 unspecified atom stereocenters. The van der Waals surface area contributed by atoms with Crippen molar-refractivity contribution in [1.82, 2.24) is 5.32 Å². The average molecular weight is 167 g/mol. The molecule has 0 spiro atoms. The Bertz CT molecular complexity index is 117. The molecule has 0 aromatic heterocycles. The summed E-state index contributed by atoms with van der Waals surface area (Å²) in [7, 11) is -0.917. The van der Waals surface area contributed by atoms with Crippen molar-refractivity contribution in [3.05, 3.63) is 0 Å². The Hall–Kier alpha value is 0.830. The van der Waals surface area contributed by atoms with E-state index in [1.807, 2.05) is 14.1 Å². The molecule has 0 rings (SSSR count). The standard InChI is InChI=1S/C2H7N.Na.H2O4S.H/c1-3-2;;1-5(2,3)4;/h3H,1-2H3;;(H2,1,2,3,4);/q;+1;;-1. The third-order valence-corrected chi connectivity index (χ3v) is 0. The van der Waals surface area contributed by atoms with E-state index in [1.54, 1.807) is 0 Å². The van der Waals surface area contributed by atoms with Crippen molar-refractivity contribution >= 4 is 10.4 Å². The molecule has 0 aromatic rings. The van der Waals surface area contributed by atoms with Crippen LogP contribution in [-0.2, 0) is 10.4 Å². The van der Waals surface area contributed by atoms with E-state index in [0.29, 0.717) is 0 Å². The van der Waals surface area contributed by atoms with Gasteiger partial charge in [0.2, 0.25) is 0 Å². The Morgan fingerprint density at radius 3 is 1.33 bits per heavy atom. The van der Waals surface area contributed by atoms with Gasteiger partial charge in [-0.05, 0) is 14.1 Å². The van der Waals surface area contributed by atoms with Crippen molar-refractivity contribution in [2.75, 3.05) is 14.1 Å². The van der Waals surface area contributed by atoms with Gasteiger partial charge in [-0.1, -0.05) is 0 Å². The first-order valence-electron chi connectivity index (χ1n) is 1.70. The number of rotatable bonds is 0. The molecule has 0 bridgehead atoms. The summed E-state index contributed by atoms with van der Waals surface area (Å²) in [5, 5.41) is 2.75. The zero-order valence-electron chi connectivity index (χ0n) is 6.62. The molecule has 7 heteroatoms. The van der Waals surface area contributed by atoms with E-state index in [-0.39, 0.29) is 31.0 Å². The quantitative estimate of drug-likeness (QED) is 0.255. The van der Waals surface area contributed by atoms with Crippen molar-refractivity contribution < 1.29 is 48.5 Å². The Kier molecular flexibility index (Phi) is 16.1. The molecule has 0 saturated carbocycles. The van der Waals surface area contributed by atoms with Crippen LogP contribution in [0.15, 0.2) is 0 Å². The van der Waals surface area contributed by atoms with Gasteiger partial charge < -0.3 is 6.74 Å². The molecule has 0 fully saturated rings. The Labute approximate surface area is 78.2 Å². The molecule has 0 radical (unpaired) electrons. The van der Waals surface area contributed by atoms with Crippen molar-refractivity contribution in [2.45, 2.75) is 0 Å². The topological polar surface area (TPSA) is 86.6 Å². The van der Waals surface area contributed by atoms with E-state index < -0.39 is 10.4 Å². The maximum absolute atomic E-state index is 8.74. The number of nitrogens with one attached hydrogen (secondary N) is 1. The van der Waals surface area contributed by atoms with E-state index >= 15 is 0 Å². The normalized spacial score (nSPS) is 8.44. The average Bonchev–Trinajstić information content (AvgIpc) is 1.27. The number of hydrogen-bond acceptors (Lipinski definition) is 3. The van der Waals surface area contributed by atoms with E-state index in [0.717, 1.165) is 0 Å². The first-order valence-corrected chi connectivity index (χ1v) is 3.10. The van der Waals surface area contributed by atoms with Crippen LogP contribution in [0.2, 0.25) is 0 Å². The van der Waals surface area contributed by atoms with Crippen LogP contribution in [0.5, 0.6) is 0 Å². The minimum absolute atomic E-state index is 0.